The predicted molar refractivity (Wildman–Crippen MR) is 73.3 cm³/mol. The quantitative estimate of drug-likeness (QED) is 0.858. The summed E-state index contributed by atoms with van der Waals surface area (Å²) in [4.78, 5) is 2.64. The predicted octanol–water partition coefficient (Wildman–Crippen LogP) is 2.74. The first-order valence-corrected chi connectivity index (χ1v) is 6.83. The van der Waals surface area contributed by atoms with Crippen molar-refractivity contribution < 1.29 is 0 Å². The van der Waals surface area contributed by atoms with E-state index in [1.54, 1.807) is 0 Å². The molecule has 2 rings (SSSR count). The molecule has 1 atom stereocenters. The van der Waals surface area contributed by atoms with E-state index in [4.69, 9.17) is 0 Å². The van der Waals surface area contributed by atoms with Crippen LogP contribution in [-0.2, 0) is 0 Å². The molecule has 0 aliphatic carbocycles. The molecule has 1 heterocycles. The monoisotopic (exact) mass is 232 g/mol. The zero-order chi connectivity index (χ0) is 12.1. The summed E-state index contributed by atoms with van der Waals surface area (Å²) in [6.45, 7) is 9.14. The van der Waals surface area contributed by atoms with Gasteiger partial charge in [0.05, 0.1) is 0 Å². The minimum Gasteiger partial charge on any atom is -0.314 e. The van der Waals surface area contributed by atoms with E-state index in [1.165, 1.54) is 37.1 Å². The summed E-state index contributed by atoms with van der Waals surface area (Å²) >= 11 is 0. The van der Waals surface area contributed by atoms with E-state index in [1.807, 2.05) is 0 Å². The molecule has 0 aromatic heterocycles. The molecule has 94 valence electrons. The first-order valence-electron chi connectivity index (χ1n) is 6.83. The molecule has 1 aromatic rings. The highest BCUT2D eigenvalue weighted by Crippen LogP contribution is 2.28. The number of nitrogens with one attached hydrogen (secondary N) is 1. The molecule has 1 aliphatic heterocycles. The molecule has 2 heteroatoms. The molecule has 0 amide bonds. The van der Waals surface area contributed by atoms with Crippen LogP contribution in [0.2, 0.25) is 0 Å². The van der Waals surface area contributed by atoms with Crippen LogP contribution in [0.5, 0.6) is 0 Å². The Hall–Kier alpha value is -0.860. The highest BCUT2D eigenvalue weighted by Gasteiger charge is 2.22. The summed E-state index contributed by atoms with van der Waals surface area (Å²) in [5.41, 5.74) is 2.96. The van der Waals surface area contributed by atoms with Gasteiger partial charge in [-0.3, -0.25) is 4.90 Å². The molecule has 1 saturated heterocycles. The molecule has 0 bridgehead atoms. The lowest BCUT2D eigenvalue weighted by atomic mass is 9.96. The Morgan fingerprint density at radius 2 is 1.94 bits per heavy atom. The van der Waals surface area contributed by atoms with Gasteiger partial charge in [0.15, 0.2) is 0 Å². The van der Waals surface area contributed by atoms with Crippen LogP contribution in [0.25, 0.3) is 0 Å². The van der Waals surface area contributed by atoms with Crippen molar-refractivity contribution in [1.82, 2.24) is 10.2 Å². The van der Waals surface area contributed by atoms with Crippen molar-refractivity contribution in [2.75, 3.05) is 26.2 Å². The maximum absolute atomic E-state index is 3.44. The fourth-order valence-electron chi connectivity index (χ4n) is 2.76. The first-order chi connectivity index (χ1) is 8.33. The Kier molecular flexibility index (Phi) is 4.57. The number of aryl methyl sites for hydroxylation is 1. The van der Waals surface area contributed by atoms with Crippen LogP contribution in [0.4, 0.5) is 0 Å². The average Bonchev–Trinajstić information content (AvgIpc) is 2.38. The zero-order valence-corrected chi connectivity index (χ0v) is 11.1. The van der Waals surface area contributed by atoms with Crippen molar-refractivity contribution in [2.24, 2.45) is 0 Å². The summed E-state index contributed by atoms with van der Waals surface area (Å²) in [7, 11) is 0. The van der Waals surface area contributed by atoms with Gasteiger partial charge in [-0.2, -0.15) is 0 Å². The number of hydrogen-bond donors (Lipinski definition) is 1. The summed E-state index contributed by atoms with van der Waals surface area (Å²) in [6.07, 6.45) is 2.52. The van der Waals surface area contributed by atoms with Crippen molar-refractivity contribution in [2.45, 2.75) is 32.7 Å². The molecular formula is C15H24N2. The Bertz CT molecular complexity index is 343. The van der Waals surface area contributed by atoms with Crippen molar-refractivity contribution in [1.29, 1.82) is 0 Å². The van der Waals surface area contributed by atoms with Gasteiger partial charge in [-0.1, -0.05) is 37.6 Å². The van der Waals surface area contributed by atoms with Gasteiger partial charge in [0, 0.05) is 32.2 Å². The van der Waals surface area contributed by atoms with E-state index in [-0.39, 0.29) is 0 Å². The lowest BCUT2D eigenvalue weighted by Crippen LogP contribution is -2.45. The second kappa shape index (κ2) is 6.18. The summed E-state index contributed by atoms with van der Waals surface area (Å²) in [5.74, 6) is 0. The molecule has 1 fully saturated rings. The van der Waals surface area contributed by atoms with Crippen molar-refractivity contribution in [3.8, 4) is 0 Å². The van der Waals surface area contributed by atoms with Crippen LogP contribution >= 0.6 is 0 Å². The van der Waals surface area contributed by atoms with Crippen LogP contribution in [0, 0.1) is 6.92 Å². The van der Waals surface area contributed by atoms with Crippen LogP contribution < -0.4 is 5.32 Å². The number of piperazine rings is 1. The van der Waals surface area contributed by atoms with Crippen LogP contribution in [-0.4, -0.2) is 31.1 Å². The number of nitrogens with zero attached hydrogens (tertiary/aromatic N) is 1. The minimum absolute atomic E-state index is 0.614. The lowest BCUT2D eigenvalue weighted by Gasteiger charge is -2.36. The Balaban J connectivity index is 2.18. The Labute approximate surface area is 105 Å². The van der Waals surface area contributed by atoms with E-state index in [0.717, 1.165) is 13.1 Å². The van der Waals surface area contributed by atoms with E-state index < -0.39 is 0 Å². The number of rotatable bonds is 4. The molecule has 0 unspecified atom stereocenters. The second-order valence-electron chi connectivity index (χ2n) is 4.95. The van der Waals surface area contributed by atoms with Gasteiger partial charge in [-0.05, 0) is 24.5 Å². The van der Waals surface area contributed by atoms with Crippen molar-refractivity contribution in [3.63, 3.8) is 0 Å². The standard InChI is InChI=1S/C15H24N2/c1-3-6-15(17-11-9-16-10-12-17)14-8-5-4-7-13(14)2/h4-5,7-8,15-16H,3,6,9-12H2,1-2H3/t15-/m1/s1. The summed E-state index contributed by atoms with van der Waals surface area (Å²) in [6, 6.07) is 9.47. The third-order valence-electron chi connectivity index (χ3n) is 3.70. The van der Waals surface area contributed by atoms with Gasteiger partial charge in [-0.15, -0.1) is 0 Å². The van der Waals surface area contributed by atoms with Gasteiger partial charge in [0.25, 0.3) is 0 Å². The fourth-order valence-corrected chi connectivity index (χ4v) is 2.76. The molecular weight excluding hydrogens is 208 g/mol. The molecule has 0 saturated carbocycles. The molecule has 0 spiro atoms. The van der Waals surface area contributed by atoms with Gasteiger partial charge < -0.3 is 5.32 Å². The maximum Gasteiger partial charge on any atom is 0.0351 e. The second-order valence-corrected chi connectivity index (χ2v) is 4.95. The van der Waals surface area contributed by atoms with Gasteiger partial charge >= 0.3 is 0 Å². The highest BCUT2D eigenvalue weighted by molar-refractivity contribution is 5.28. The fraction of sp³-hybridized carbons (Fsp3) is 0.600. The van der Waals surface area contributed by atoms with Crippen molar-refractivity contribution >= 4 is 0 Å². The summed E-state index contributed by atoms with van der Waals surface area (Å²) in [5, 5.41) is 3.44. The summed E-state index contributed by atoms with van der Waals surface area (Å²) < 4.78 is 0. The molecule has 17 heavy (non-hydrogen) atoms. The van der Waals surface area contributed by atoms with E-state index in [2.05, 4.69) is 48.3 Å². The molecule has 1 aromatic carbocycles. The van der Waals surface area contributed by atoms with Crippen LogP contribution in [0.15, 0.2) is 24.3 Å². The van der Waals surface area contributed by atoms with E-state index >= 15 is 0 Å². The van der Waals surface area contributed by atoms with E-state index in [0.29, 0.717) is 6.04 Å². The Morgan fingerprint density at radius 3 is 2.59 bits per heavy atom. The van der Waals surface area contributed by atoms with Gasteiger partial charge in [0.1, 0.15) is 0 Å². The smallest absolute Gasteiger partial charge is 0.0351 e. The topological polar surface area (TPSA) is 15.3 Å². The maximum atomic E-state index is 3.44. The molecule has 1 N–H and O–H groups in total. The molecule has 0 radical (unpaired) electrons. The van der Waals surface area contributed by atoms with Crippen molar-refractivity contribution in [3.05, 3.63) is 35.4 Å². The minimum atomic E-state index is 0.614. The lowest BCUT2D eigenvalue weighted by molar-refractivity contribution is 0.164. The third kappa shape index (κ3) is 3.08. The van der Waals surface area contributed by atoms with E-state index in [9.17, 15) is 0 Å². The Morgan fingerprint density at radius 1 is 1.24 bits per heavy atom. The highest BCUT2D eigenvalue weighted by atomic mass is 15.2. The SMILES string of the molecule is CCC[C@H](c1ccccc1C)N1CCNCC1. The zero-order valence-electron chi connectivity index (χ0n) is 11.1. The van der Waals surface area contributed by atoms with Gasteiger partial charge in [0.2, 0.25) is 0 Å². The third-order valence-corrected chi connectivity index (χ3v) is 3.70. The number of hydrogen-bond acceptors (Lipinski definition) is 2. The largest absolute Gasteiger partial charge is 0.314 e. The van der Waals surface area contributed by atoms with Gasteiger partial charge in [-0.25, -0.2) is 0 Å². The molecule has 2 nitrogen and oxygen atoms in total. The van der Waals surface area contributed by atoms with Crippen LogP contribution in [0.3, 0.4) is 0 Å². The molecule has 1 aliphatic rings. The first kappa shape index (κ1) is 12.6. The number of benzene rings is 1. The average molecular weight is 232 g/mol. The normalized spacial score (nSPS) is 19.2. The van der Waals surface area contributed by atoms with Crippen LogP contribution in [0.1, 0.15) is 36.9 Å².